The molecule has 9 N–H and O–H groups in total. The van der Waals surface area contributed by atoms with E-state index in [0.717, 1.165) is 44.9 Å². The summed E-state index contributed by atoms with van der Waals surface area (Å²) in [4.78, 5) is 13.3. The largest absolute Gasteiger partial charge is 0.394 e. The molecule has 476 valence electrons. The predicted octanol–water partition coefficient (Wildman–Crippen LogP) is 13.0. The van der Waals surface area contributed by atoms with E-state index >= 15 is 0 Å². The zero-order valence-electron chi connectivity index (χ0n) is 51.5. The first-order valence-electron chi connectivity index (χ1n) is 33.7. The fourth-order valence-corrected chi connectivity index (χ4v) is 11.1. The molecule has 1 amide bonds. The molecule has 2 rings (SSSR count). The van der Waals surface area contributed by atoms with Crippen LogP contribution >= 0.6 is 0 Å². The van der Waals surface area contributed by atoms with Gasteiger partial charge in [0, 0.05) is 6.42 Å². The van der Waals surface area contributed by atoms with Crippen LogP contribution in [0.15, 0.2) is 36.5 Å². The molecule has 0 aliphatic carbocycles. The van der Waals surface area contributed by atoms with E-state index in [9.17, 15) is 45.6 Å². The van der Waals surface area contributed by atoms with Crippen LogP contribution in [0.4, 0.5) is 0 Å². The molecule has 0 bridgehead atoms. The van der Waals surface area contributed by atoms with Gasteiger partial charge < -0.3 is 65.1 Å². The van der Waals surface area contributed by atoms with Crippen molar-refractivity contribution in [2.45, 2.75) is 364 Å². The molecule has 14 heteroatoms. The Morgan fingerprint density at radius 2 is 0.815 bits per heavy atom. The summed E-state index contributed by atoms with van der Waals surface area (Å²) in [5, 5.41) is 87.4. The lowest BCUT2D eigenvalue weighted by molar-refractivity contribution is -0.359. The van der Waals surface area contributed by atoms with Crippen LogP contribution in [0.3, 0.4) is 0 Å². The number of aliphatic hydroxyl groups excluding tert-OH is 8. The number of hydrogen-bond acceptors (Lipinski definition) is 13. The van der Waals surface area contributed by atoms with Gasteiger partial charge >= 0.3 is 0 Å². The van der Waals surface area contributed by atoms with E-state index in [1.165, 1.54) is 218 Å². The molecule has 14 nitrogen and oxygen atoms in total. The Morgan fingerprint density at radius 1 is 0.444 bits per heavy atom. The van der Waals surface area contributed by atoms with Crippen molar-refractivity contribution in [2.24, 2.45) is 0 Å². The van der Waals surface area contributed by atoms with Gasteiger partial charge in [-0.05, 0) is 51.4 Å². The number of hydrogen-bond donors (Lipinski definition) is 9. The van der Waals surface area contributed by atoms with Crippen LogP contribution in [0.2, 0.25) is 0 Å². The van der Waals surface area contributed by atoms with Gasteiger partial charge in [0.15, 0.2) is 12.6 Å². The van der Waals surface area contributed by atoms with E-state index in [0.29, 0.717) is 6.42 Å². The van der Waals surface area contributed by atoms with E-state index in [1.54, 1.807) is 6.08 Å². The molecule has 0 aromatic carbocycles. The number of nitrogens with one attached hydrogen (secondary N) is 1. The molecule has 2 aliphatic rings. The Kier molecular flexibility index (Phi) is 48.8. The van der Waals surface area contributed by atoms with Gasteiger partial charge in [0.05, 0.1) is 32.0 Å². The number of carbonyl (C=O) groups excluding carboxylic acids is 1. The zero-order valence-corrected chi connectivity index (χ0v) is 51.5. The second-order valence-corrected chi connectivity index (χ2v) is 24.0. The van der Waals surface area contributed by atoms with Crippen LogP contribution in [0.5, 0.6) is 0 Å². The molecule has 2 aliphatic heterocycles. The highest BCUT2D eigenvalue weighted by Crippen LogP contribution is 2.30. The zero-order chi connectivity index (χ0) is 58.8. The van der Waals surface area contributed by atoms with Crippen LogP contribution in [-0.2, 0) is 23.7 Å². The molecule has 0 aromatic heterocycles. The first-order valence-corrected chi connectivity index (χ1v) is 33.7. The van der Waals surface area contributed by atoms with Crippen molar-refractivity contribution in [2.75, 3.05) is 19.8 Å². The van der Waals surface area contributed by atoms with Crippen molar-refractivity contribution in [3.05, 3.63) is 36.5 Å². The van der Waals surface area contributed by atoms with Gasteiger partial charge in [0.25, 0.3) is 0 Å². The summed E-state index contributed by atoms with van der Waals surface area (Å²) >= 11 is 0. The molecule has 12 atom stereocenters. The minimum atomic E-state index is -1.79. The summed E-state index contributed by atoms with van der Waals surface area (Å²) in [7, 11) is 0. The molecule has 2 fully saturated rings. The lowest BCUT2D eigenvalue weighted by atomic mass is 9.97. The van der Waals surface area contributed by atoms with Gasteiger partial charge in [-0.1, -0.05) is 269 Å². The maximum absolute atomic E-state index is 13.3. The first kappa shape index (κ1) is 75.3. The van der Waals surface area contributed by atoms with Crippen molar-refractivity contribution in [1.29, 1.82) is 0 Å². The number of allylic oxidation sites excluding steroid dienone is 5. The quantitative estimate of drug-likeness (QED) is 0.0204. The highest BCUT2D eigenvalue weighted by atomic mass is 16.7. The summed E-state index contributed by atoms with van der Waals surface area (Å²) in [6.45, 7) is 2.83. The van der Waals surface area contributed by atoms with Crippen molar-refractivity contribution < 1.29 is 64.6 Å². The lowest BCUT2D eigenvalue weighted by Crippen LogP contribution is -2.65. The number of amides is 1. The van der Waals surface area contributed by atoms with Gasteiger partial charge in [-0.25, -0.2) is 0 Å². The number of ether oxygens (including phenoxy) is 4. The van der Waals surface area contributed by atoms with E-state index in [1.807, 2.05) is 6.08 Å². The number of rotatable bonds is 55. The molecule has 2 heterocycles. The van der Waals surface area contributed by atoms with Gasteiger partial charge in [-0.3, -0.25) is 4.79 Å². The number of carbonyl (C=O) groups is 1. The van der Waals surface area contributed by atoms with Crippen molar-refractivity contribution in [3.8, 4) is 0 Å². The standard InChI is InChI=1S/C67H125NO13/c1-3-5-7-9-11-13-15-17-19-21-23-25-27-28-29-31-33-35-37-39-41-43-45-47-49-51-59(72)68-55(54-78-66-64(77)62(75)65(58(53-70)80-66)81-67-63(76)61(74)60(73)57(52-69)79-67)56(71)50-48-46-44-42-40-38-36-34-32-30-26-24-22-20-18-16-14-12-10-8-6-4-2/h15,17,21,23,48,50,55-58,60-67,69-71,73-77H,3-14,16,18-20,22,24-47,49,51-54H2,1-2H3,(H,68,72)/b17-15-,23-21-,50-48+. The Hall–Kier alpha value is -1.79. The van der Waals surface area contributed by atoms with E-state index in [-0.39, 0.29) is 18.9 Å². The molecular weight excluding hydrogens is 1030 g/mol. The third-order valence-electron chi connectivity index (χ3n) is 16.6. The highest BCUT2D eigenvalue weighted by Gasteiger charge is 2.51. The van der Waals surface area contributed by atoms with E-state index in [4.69, 9.17) is 18.9 Å². The molecule has 12 unspecified atom stereocenters. The normalized spacial score (nSPS) is 24.3. The Balaban J connectivity index is 1.71. The Labute approximate surface area is 493 Å². The first-order chi connectivity index (χ1) is 39.6. The molecule has 0 spiro atoms. The summed E-state index contributed by atoms with van der Waals surface area (Å²) in [6, 6.07) is -0.915. The second-order valence-electron chi connectivity index (χ2n) is 24.0. The number of unbranched alkanes of at least 4 members (excludes halogenated alkanes) is 38. The summed E-state index contributed by atoms with van der Waals surface area (Å²) < 4.78 is 22.8. The van der Waals surface area contributed by atoms with Crippen molar-refractivity contribution >= 4 is 5.91 Å². The molecule has 2 saturated heterocycles. The molecule has 0 aromatic rings. The summed E-state index contributed by atoms with van der Waals surface area (Å²) in [6.07, 6.45) is 49.0. The maximum atomic E-state index is 13.3. The number of aliphatic hydroxyl groups is 8. The van der Waals surface area contributed by atoms with Gasteiger partial charge in [-0.2, -0.15) is 0 Å². The van der Waals surface area contributed by atoms with Crippen LogP contribution in [0.1, 0.15) is 290 Å². The Morgan fingerprint density at radius 3 is 1.23 bits per heavy atom. The van der Waals surface area contributed by atoms with Gasteiger partial charge in [-0.15, -0.1) is 0 Å². The summed E-state index contributed by atoms with van der Waals surface area (Å²) in [5.74, 6) is -0.237. The van der Waals surface area contributed by atoms with Crippen LogP contribution < -0.4 is 5.32 Å². The monoisotopic (exact) mass is 1150 g/mol. The SMILES string of the molecule is CCCCCCC/C=C\C/C=C\CCCCCCCCCCCCCCCC(=O)NC(COC1OC(CO)C(OC2OC(CO)C(O)C(O)C2O)C(O)C1O)C(O)/C=C/CCCCCCCCCCCCCCCCCCCCCC. The third-order valence-corrected chi connectivity index (χ3v) is 16.6. The topological polar surface area (TPSA) is 228 Å². The minimum absolute atomic E-state index is 0.237. The van der Waals surface area contributed by atoms with E-state index < -0.39 is 86.8 Å². The fourth-order valence-electron chi connectivity index (χ4n) is 11.1. The van der Waals surface area contributed by atoms with Crippen LogP contribution in [-0.4, -0.2) is 140 Å². The third kappa shape index (κ3) is 37.4. The summed E-state index contributed by atoms with van der Waals surface area (Å²) in [5.41, 5.74) is 0. The average molecular weight is 1150 g/mol. The van der Waals surface area contributed by atoms with Crippen LogP contribution in [0, 0.1) is 0 Å². The molecule has 0 saturated carbocycles. The smallest absolute Gasteiger partial charge is 0.220 e. The van der Waals surface area contributed by atoms with Crippen LogP contribution in [0.25, 0.3) is 0 Å². The Bertz CT molecular complexity index is 1500. The molecular formula is C67H125NO13. The lowest BCUT2D eigenvalue weighted by Gasteiger charge is -2.46. The highest BCUT2D eigenvalue weighted by molar-refractivity contribution is 5.76. The fraction of sp³-hybridized carbons (Fsp3) is 0.896. The predicted molar refractivity (Wildman–Crippen MR) is 328 cm³/mol. The average Bonchev–Trinajstić information content (AvgIpc) is 3.47. The molecule has 0 radical (unpaired) electrons. The van der Waals surface area contributed by atoms with Gasteiger partial charge in [0.2, 0.25) is 5.91 Å². The van der Waals surface area contributed by atoms with Gasteiger partial charge in [0.1, 0.15) is 48.8 Å². The van der Waals surface area contributed by atoms with Crippen molar-refractivity contribution in [1.82, 2.24) is 5.32 Å². The second kappa shape index (κ2) is 52.5. The van der Waals surface area contributed by atoms with E-state index in [2.05, 4.69) is 43.5 Å². The molecule has 81 heavy (non-hydrogen) atoms. The van der Waals surface area contributed by atoms with Crippen molar-refractivity contribution in [3.63, 3.8) is 0 Å². The maximum Gasteiger partial charge on any atom is 0.220 e. The minimum Gasteiger partial charge on any atom is -0.394 e.